The highest BCUT2D eigenvalue weighted by Crippen LogP contribution is 2.27. The van der Waals surface area contributed by atoms with E-state index in [0.717, 1.165) is 63.0 Å². The zero-order chi connectivity index (χ0) is 16.6. The zero-order valence-corrected chi connectivity index (χ0v) is 14.1. The van der Waals surface area contributed by atoms with Crippen LogP contribution in [0.3, 0.4) is 0 Å². The molecule has 2 aromatic heterocycles. The minimum Gasteiger partial charge on any atom is -0.493 e. The van der Waals surface area contributed by atoms with E-state index in [2.05, 4.69) is 44.2 Å². The largest absolute Gasteiger partial charge is 0.493 e. The van der Waals surface area contributed by atoms with Crippen molar-refractivity contribution in [3.63, 3.8) is 0 Å². The second-order valence-corrected chi connectivity index (χ2v) is 6.74. The van der Waals surface area contributed by atoms with Gasteiger partial charge in [0.25, 0.3) is 0 Å². The van der Waals surface area contributed by atoms with E-state index in [4.69, 9.17) is 4.74 Å². The minimum absolute atomic E-state index is 0.825. The Labute approximate surface area is 146 Å². The number of nitrogens with zero attached hydrogens (tertiary/aromatic N) is 5. The number of aromatic nitrogens is 3. The Bertz CT molecular complexity index is 898. The van der Waals surface area contributed by atoms with Gasteiger partial charge in [0.05, 0.1) is 19.0 Å². The molecule has 0 spiro atoms. The molecule has 2 aliphatic rings. The molecule has 1 saturated heterocycles. The van der Waals surface area contributed by atoms with E-state index in [1.54, 1.807) is 6.20 Å². The predicted octanol–water partition coefficient (Wildman–Crippen LogP) is 1.99. The summed E-state index contributed by atoms with van der Waals surface area (Å²) in [7, 11) is 0. The molecule has 0 N–H and O–H groups in total. The van der Waals surface area contributed by atoms with Gasteiger partial charge in [0.2, 0.25) is 0 Å². The van der Waals surface area contributed by atoms with Crippen LogP contribution in [-0.2, 0) is 13.0 Å². The predicted molar refractivity (Wildman–Crippen MR) is 96.1 cm³/mol. The molecule has 1 fully saturated rings. The fraction of sp³-hybridized carbons (Fsp3) is 0.368. The molecule has 0 saturated carbocycles. The normalized spacial score (nSPS) is 17.7. The Morgan fingerprint density at radius 1 is 1.08 bits per heavy atom. The van der Waals surface area contributed by atoms with Crippen LogP contribution in [0.2, 0.25) is 0 Å². The lowest BCUT2D eigenvalue weighted by atomic mass is 10.1. The molecule has 6 nitrogen and oxygen atoms in total. The highest BCUT2D eigenvalue weighted by molar-refractivity contribution is 5.45. The van der Waals surface area contributed by atoms with Crippen molar-refractivity contribution in [2.24, 2.45) is 0 Å². The van der Waals surface area contributed by atoms with Crippen LogP contribution in [-0.4, -0.2) is 52.1 Å². The van der Waals surface area contributed by atoms with Crippen LogP contribution >= 0.6 is 0 Å². The molecule has 25 heavy (non-hydrogen) atoms. The Balaban J connectivity index is 1.23. The molecule has 2 aliphatic heterocycles. The van der Waals surface area contributed by atoms with E-state index in [-0.39, 0.29) is 0 Å². The van der Waals surface area contributed by atoms with E-state index >= 15 is 0 Å². The molecule has 3 aromatic rings. The van der Waals surface area contributed by atoms with Gasteiger partial charge in [0.15, 0.2) is 5.65 Å². The van der Waals surface area contributed by atoms with Crippen LogP contribution in [0.25, 0.3) is 5.65 Å². The van der Waals surface area contributed by atoms with Gasteiger partial charge in [0.1, 0.15) is 11.6 Å². The summed E-state index contributed by atoms with van der Waals surface area (Å²) >= 11 is 0. The fourth-order valence-corrected chi connectivity index (χ4v) is 3.68. The van der Waals surface area contributed by atoms with E-state index in [0.29, 0.717) is 0 Å². The number of fused-ring (bicyclic) bond motifs is 2. The standard InChI is InChI=1S/C19H21N5O/c1-2-16-3-10-25-17(16)11-15(1)13-22-6-8-23(9-7-22)19-14-24-5-4-20-18(24)12-21-19/h1-2,4-5,11-12,14H,3,6-10,13H2. The minimum atomic E-state index is 0.825. The maximum Gasteiger partial charge on any atom is 0.155 e. The van der Waals surface area contributed by atoms with Gasteiger partial charge in [-0.15, -0.1) is 0 Å². The lowest BCUT2D eigenvalue weighted by Gasteiger charge is -2.35. The first-order chi connectivity index (χ1) is 12.3. The Hall–Kier alpha value is -2.60. The van der Waals surface area contributed by atoms with Crippen molar-refractivity contribution in [1.82, 2.24) is 19.3 Å². The maximum absolute atomic E-state index is 5.69. The quantitative estimate of drug-likeness (QED) is 0.732. The molecule has 1 aromatic carbocycles. The second-order valence-electron chi connectivity index (χ2n) is 6.74. The summed E-state index contributed by atoms with van der Waals surface area (Å²) < 4.78 is 7.72. The smallest absolute Gasteiger partial charge is 0.155 e. The van der Waals surface area contributed by atoms with Gasteiger partial charge in [-0.1, -0.05) is 12.1 Å². The summed E-state index contributed by atoms with van der Waals surface area (Å²) in [5, 5.41) is 0. The third-order valence-electron chi connectivity index (χ3n) is 5.13. The lowest BCUT2D eigenvalue weighted by Crippen LogP contribution is -2.46. The first-order valence-electron chi connectivity index (χ1n) is 8.86. The van der Waals surface area contributed by atoms with Crippen molar-refractivity contribution in [3.05, 3.63) is 54.1 Å². The average Bonchev–Trinajstić information content (AvgIpc) is 3.30. The average molecular weight is 335 g/mol. The van der Waals surface area contributed by atoms with Crippen molar-refractivity contribution >= 4 is 11.5 Å². The van der Waals surface area contributed by atoms with Crippen LogP contribution in [0.1, 0.15) is 11.1 Å². The van der Waals surface area contributed by atoms with E-state index in [1.807, 2.05) is 16.8 Å². The Kier molecular flexibility index (Phi) is 3.56. The van der Waals surface area contributed by atoms with Gasteiger partial charge in [-0.05, 0) is 17.2 Å². The Morgan fingerprint density at radius 2 is 2.00 bits per heavy atom. The van der Waals surface area contributed by atoms with Crippen LogP contribution in [0, 0.1) is 0 Å². The molecule has 0 amide bonds. The molecule has 0 atom stereocenters. The highest BCUT2D eigenvalue weighted by Gasteiger charge is 2.19. The summed E-state index contributed by atoms with van der Waals surface area (Å²) in [4.78, 5) is 13.7. The van der Waals surface area contributed by atoms with Gasteiger partial charge in [0, 0.05) is 51.5 Å². The maximum atomic E-state index is 5.69. The van der Waals surface area contributed by atoms with Crippen molar-refractivity contribution in [2.75, 3.05) is 37.7 Å². The lowest BCUT2D eigenvalue weighted by molar-refractivity contribution is 0.249. The third-order valence-corrected chi connectivity index (χ3v) is 5.13. The molecule has 0 aliphatic carbocycles. The molecule has 6 heteroatoms. The summed E-state index contributed by atoms with van der Waals surface area (Å²) in [5.74, 6) is 2.10. The number of piperazine rings is 1. The van der Waals surface area contributed by atoms with Crippen LogP contribution in [0.4, 0.5) is 5.82 Å². The molecule has 5 rings (SSSR count). The zero-order valence-electron chi connectivity index (χ0n) is 14.1. The van der Waals surface area contributed by atoms with Crippen LogP contribution in [0.5, 0.6) is 5.75 Å². The third kappa shape index (κ3) is 2.82. The van der Waals surface area contributed by atoms with Gasteiger partial charge < -0.3 is 14.0 Å². The number of benzene rings is 1. The topological polar surface area (TPSA) is 45.9 Å². The number of imidazole rings is 1. The van der Waals surface area contributed by atoms with Crippen LogP contribution in [0.15, 0.2) is 43.0 Å². The first kappa shape index (κ1) is 14.7. The van der Waals surface area contributed by atoms with Gasteiger partial charge in [-0.2, -0.15) is 0 Å². The van der Waals surface area contributed by atoms with E-state index in [9.17, 15) is 0 Å². The number of rotatable bonds is 3. The summed E-state index contributed by atoms with van der Waals surface area (Å²) in [6.07, 6.45) is 8.72. The highest BCUT2D eigenvalue weighted by atomic mass is 16.5. The molecular weight excluding hydrogens is 314 g/mol. The summed E-state index contributed by atoms with van der Waals surface area (Å²) in [5.41, 5.74) is 3.57. The first-order valence-corrected chi connectivity index (χ1v) is 8.86. The van der Waals surface area contributed by atoms with Gasteiger partial charge >= 0.3 is 0 Å². The Morgan fingerprint density at radius 3 is 2.92 bits per heavy atom. The van der Waals surface area contributed by atoms with Gasteiger partial charge in [-0.25, -0.2) is 9.97 Å². The number of anilines is 1. The monoisotopic (exact) mass is 335 g/mol. The molecule has 0 bridgehead atoms. The SMILES string of the molecule is c1cn2cc(N3CCN(Cc4ccc5c(c4)OCC5)CC3)ncc2n1. The molecule has 128 valence electrons. The number of ether oxygens (including phenoxy) is 1. The van der Waals surface area contributed by atoms with E-state index in [1.165, 1.54) is 11.1 Å². The molecule has 0 unspecified atom stereocenters. The van der Waals surface area contributed by atoms with Crippen molar-refractivity contribution in [2.45, 2.75) is 13.0 Å². The van der Waals surface area contributed by atoms with E-state index < -0.39 is 0 Å². The fourth-order valence-electron chi connectivity index (χ4n) is 3.68. The van der Waals surface area contributed by atoms with Crippen molar-refractivity contribution in [1.29, 1.82) is 0 Å². The van der Waals surface area contributed by atoms with Gasteiger partial charge in [-0.3, -0.25) is 4.90 Å². The number of hydrogen-bond donors (Lipinski definition) is 0. The second kappa shape index (κ2) is 6.04. The molecular formula is C19H21N5O. The number of hydrogen-bond acceptors (Lipinski definition) is 5. The van der Waals surface area contributed by atoms with Crippen molar-refractivity contribution in [3.8, 4) is 5.75 Å². The summed E-state index contributed by atoms with van der Waals surface area (Å²) in [6.45, 7) is 5.89. The summed E-state index contributed by atoms with van der Waals surface area (Å²) in [6, 6.07) is 6.68. The van der Waals surface area contributed by atoms with Crippen LogP contribution < -0.4 is 9.64 Å². The van der Waals surface area contributed by atoms with Crippen molar-refractivity contribution < 1.29 is 4.74 Å². The molecule has 0 radical (unpaired) electrons. The molecule has 4 heterocycles.